The molecule has 0 radical (unpaired) electrons. The van der Waals surface area contributed by atoms with Gasteiger partial charge in [0, 0.05) is 0 Å². The van der Waals surface area contributed by atoms with Crippen molar-refractivity contribution in [2.45, 2.75) is 32.9 Å². The third kappa shape index (κ3) is 5.19. The molecule has 6 heteroatoms. The van der Waals surface area contributed by atoms with E-state index < -0.39 is 11.9 Å². The van der Waals surface area contributed by atoms with Crippen molar-refractivity contribution in [2.75, 3.05) is 0 Å². The number of nitrogens with zero attached hydrogens (tertiary/aromatic N) is 1. The molecule has 0 aliphatic carbocycles. The molecular weight excluding hydrogens is 405 g/mol. The van der Waals surface area contributed by atoms with Crippen molar-refractivity contribution < 1.29 is 13.2 Å². The molecule has 1 heterocycles. The fraction of sp³-hybridized carbons (Fsp3) is 0.208. The second-order valence-electron chi connectivity index (χ2n) is 7.38. The number of para-hydroxylation sites is 1. The summed E-state index contributed by atoms with van der Waals surface area (Å²) in [6, 6.07) is 17.3. The number of aliphatic imine (C=N–C) groups is 1. The zero-order chi connectivity index (χ0) is 21.9. The molecule has 3 rings (SSSR count). The van der Waals surface area contributed by atoms with Crippen molar-refractivity contribution in [2.24, 2.45) is 10.7 Å². The van der Waals surface area contributed by atoms with Gasteiger partial charge in [0.15, 0.2) is 0 Å². The Bertz CT molecular complexity index is 1090. The maximum atomic E-state index is 13.1. The lowest BCUT2D eigenvalue weighted by Gasteiger charge is -2.11. The Balaban J connectivity index is 2.12. The summed E-state index contributed by atoms with van der Waals surface area (Å²) < 4.78 is 39.4. The first-order valence-corrected chi connectivity index (χ1v) is 10.4. The van der Waals surface area contributed by atoms with E-state index in [9.17, 15) is 13.2 Å². The lowest BCUT2D eigenvalue weighted by molar-refractivity contribution is -0.0925. The van der Waals surface area contributed by atoms with Gasteiger partial charge in [-0.1, -0.05) is 61.9 Å². The molecule has 30 heavy (non-hydrogen) atoms. The Labute approximate surface area is 178 Å². The highest BCUT2D eigenvalue weighted by Gasteiger charge is 2.32. The summed E-state index contributed by atoms with van der Waals surface area (Å²) in [6.07, 6.45) is -3.70. The molecule has 0 spiro atoms. The Morgan fingerprint density at radius 2 is 1.77 bits per heavy atom. The SMILES string of the molecule is Cc1cccc(-c2csc(C(C=C(N)C(F)(F)F)=Nc3ccccc3C(C)C)c2)c1. The van der Waals surface area contributed by atoms with Crippen LogP contribution in [0.4, 0.5) is 18.9 Å². The Kier molecular flexibility index (Phi) is 6.46. The van der Waals surface area contributed by atoms with Crippen LogP contribution in [0.25, 0.3) is 11.1 Å². The zero-order valence-electron chi connectivity index (χ0n) is 17.0. The lowest BCUT2D eigenvalue weighted by atomic mass is 10.0. The predicted molar refractivity (Wildman–Crippen MR) is 120 cm³/mol. The zero-order valence-corrected chi connectivity index (χ0v) is 17.8. The molecule has 0 saturated heterocycles. The van der Waals surface area contributed by atoms with Gasteiger partial charge in [0.2, 0.25) is 0 Å². The number of nitrogens with two attached hydrogens (primary N) is 1. The summed E-state index contributed by atoms with van der Waals surface area (Å²) in [5, 5.41) is 1.92. The Hall–Kier alpha value is -2.86. The minimum Gasteiger partial charge on any atom is -0.395 e. The highest BCUT2D eigenvalue weighted by atomic mass is 32.1. The highest BCUT2D eigenvalue weighted by molar-refractivity contribution is 7.12. The topological polar surface area (TPSA) is 38.4 Å². The van der Waals surface area contributed by atoms with Crippen molar-refractivity contribution in [3.05, 3.63) is 87.8 Å². The standard InChI is InChI=1S/C24H23F3N2S/c1-15(2)19-9-4-5-10-20(19)29-21(13-23(28)24(25,26)27)22-12-18(14-30-22)17-8-6-7-16(3)11-17/h4-15H,28H2,1-3H3. The van der Waals surface area contributed by atoms with E-state index in [-0.39, 0.29) is 11.6 Å². The number of alkyl halides is 3. The quantitative estimate of drug-likeness (QED) is 0.423. The minimum atomic E-state index is -4.62. The number of halogens is 3. The van der Waals surface area contributed by atoms with E-state index in [0.717, 1.165) is 28.3 Å². The smallest absolute Gasteiger partial charge is 0.395 e. The minimum absolute atomic E-state index is 0.182. The third-order valence-corrected chi connectivity index (χ3v) is 5.58. The lowest BCUT2D eigenvalue weighted by Crippen LogP contribution is -2.20. The summed E-state index contributed by atoms with van der Waals surface area (Å²) in [5.74, 6) is 0.182. The van der Waals surface area contributed by atoms with Gasteiger partial charge in [-0.25, -0.2) is 4.99 Å². The molecule has 0 saturated carbocycles. The largest absolute Gasteiger partial charge is 0.430 e. The second-order valence-corrected chi connectivity index (χ2v) is 8.29. The summed E-state index contributed by atoms with van der Waals surface area (Å²) in [7, 11) is 0. The van der Waals surface area contributed by atoms with Crippen LogP contribution < -0.4 is 5.73 Å². The van der Waals surface area contributed by atoms with Gasteiger partial charge in [-0.15, -0.1) is 11.3 Å². The molecule has 1 aromatic heterocycles. The van der Waals surface area contributed by atoms with Crippen molar-refractivity contribution in [3.8, 4) is 11.1 Å². The number of hydrogen-bond acceptors (Lipinski definition) is 3. The molecule has 156 valence electrons. The second kappa shape index (κ2) is 8.88. The maximum absolute atomic E-state index is 13.1. The van der Waals surface area contributed by atoms with E-state index in [4.69, 9.17) is 5.73 Å². The molecule has 3 aromatic rings. The molecule has 0 bridgehead atoms. The van der Waals surface area contributed by atoms with Crippen LogP contribution in [0.1, 0.15) is 35.8 Å². The van der Waals surface area contributed by atoms with Crippen LogP contribution in [0.2, 0.25) is 0 Å². The average Bonchev–Trinajstić information content (AvgIpc) is 3.17. The van der Waals surface area contributed by atoms with Crippen LogP contribution in [0.5, 0.6) is 0 Å². The molecule has 2 N–H and O–H groups in total. The van der Waals surface area contributed by atoms with Gasteiger partial charge in [0.05, 0.1) is 16.3 Å². The van der Waals surface area contributed by atoms with Crippen molar-refractivity contribution in [3.63, 3.8) is 0 Å². The number of rotatable bonds is 5. The number of benzene rings is 2. The van der Waals surface area contributed by atoms with Crippen LogP contribution in [0.15, 0.2) is 76.7 Å². The van der Waals surface area contributed by atoms with E-state index in [1.807, 2.05) is 80.7 Å². The number of aryl methyl sites for hydroxylation is 1. The van der Waals surface area contributed by atoms with Gasteiger partial charge >= 0.3 is 6.18 Å². The maximum Gasteiger partial charge on any atom is 0.430 e. The van der Waals surface area contributed by atoms with Gasteiger partial charge in [-0.2, -0.15) is 13.2 Å². The number of thiophene rings is 1. The predicted octanol–water partition coefficient (Wildman–Crippen LogP) is 7.37. The normalized spacial score (nSPS) is 13.2. The van der Waals surface area contributed by atoms with E-state index in [1.165, 1.54) is 11.3 Å². The molecule has 2 aromatic carbocycles. The van der Waals surface area contributed by atoms with Crippen molar-refractivity contribution in [1.29, 1.82) is 0 Å². The van der Waals surface area contributed by atoms with Gasteiger partial charge in [-0.05, 0) is 53.1 Å². The first-order valence-electron chi connectivity index (χ1n) is 9.53. The monoisotopic (exact) mass is 428 g/mol. The molecule has 0 aliphatic heterocycles. The average molecular weight is 429 g/mol. The van der Waals surface area contributed by atoms with Crippen molar-refractivity contribution in [1.82, 2.24) is 0 Å². The third-order valence-electron chi connectivity index (χ3n) is 4.62. The van der Waals surface area contributed by atoms with E-state index in [2.05, 4.69) is 4.99 Å². The highest BCUT2D eigenvalue weighted by Crippen LogP contribution is 2.31. The van der Waals surface area contributed by atoms with Crippen LogP contribution in [0.3, 0.4) is 0 Å². The Morgan fingerprint density at radius 3 is 2.43 bits per heavy atom. The summed E-state index contributed by atoms with van der Waals surface area (Å²) in [6.45, 7) is 6.04. The van der Waals surface area contributed by atoms with Gasteiger partial charge in [0.1, 0.15) is 5.70 Å². The summed E-state index contributed by atoms with van der Waals surface area (Å²) >= 11 is 1.35. The van der Waals surface area contributed by atoms with Crippen LogP contribution in [-0.2, 0) is 0 Å². The molecule has 0 fully saturated rings. The molecule has 0 atom stereocenters. The Morgan fingerprint density at radius 1 is 1.03 bits per heavy atom. The number of allylic oxidation sites excluding steroid dienone is 2. The van der Waals surface area contributed by atoms with Crippen molar-refractivity contribution >= 4 is 22.7 Å². The molecule has 0 amide bonds. The molecule has 2 nitrogen and oxygen atoms in total. The van der Waals surface area contributed by atoms with Gasteiger partial charge in [-0.3, -0.25) is 0 Å². The molecule has 0 unspecified atom stereocenters. The van der Waals surface area contributed by atoms with Crippen LogP contribution in [-0.4, -0.2) is 11.9 Å². The molecule has 0 aliphatic rings. The molecular formula is C24H23F3N2S. The van der Waals surface area contributed by atoms with Gasteiger partial charge < -0.3 is 5.73 Å². The van der Waals surface area contributed by atoms with Crippen LogP contribution in [0, 0.1) is 6.92 Å². The first kappa shape index (κ1) is 21.8. The van der Waals surface area contributed by atoms with Gasteiger partial charge in [0.25, 0.3) is 0 Å². The van der Waals surface area contributed by atoms with E-state index in [0.29, 0.717) is 10.6 Å². The fourth-order valence-corrected chi connectivity index (χ4v) is 3.92. The van der Waals surface area contributed by atoms with E-state index >= 15 is 0 Å². The summed E-state index contributed by atoms with van der Waals surface area (Å²) in [5.41, 5.74) is 9.01. The number of hydrogen-bond donors (Lipinski definition) is 1. The van der Waals surface area contributed by atoms with E-state index in [1.54, 1.807) is 0 Å². The summed E-state index contributed by atoms with van der Waals surface area (Å²) in [4.78, 5) is 5.22. The fourth-order valence-electron chi connectivity index (χ4n) is 3.04. The first-order chi connectivity index (χ1) is 14.1. The van der Waals surface area contributed by atoms with Crippen LogP contribution >= 0.6 is 11.3 Å².